The summed E-state index contributed by atoms with van der Waals surface area (Å²) in [6.07, 6.45) is 0. The lowest BCUT2D eigenvalue weighted by molar-refractivity contribution is 0.0696. The zero-order valence-electron chi connectivity index (χ0n) is 14.9. The summed E-state index contributed by atoms with van der Waals surface area (Å²) in [7, 11) is -2.40. The molecule has 29 heavy (non-hydrogen) atoms. The van der Waals surface area contributed by atoms with Crippen molar-refractivity contribution in [2.45, 2.75) is 4.90 Å². The van der Waals surface area contributed by atoms with Crippen LogP contribution in [0.25, 0.3) is 16.2 Å². The van der Waals surface area contributed by atoms with Crippen molar-refractivity contribution in [3.63, 3.8) is 0 Å². The van der Waals surface area contributed by atoms with Gasteiger partial charge < -0.3 is 9.84 Å². The van der Waals surface area contributed by atoms with Crippen molar-refractivity contribution in [3.8, 4) is 17.0 Å². The number of methoxy groups -OCH3 is 1. The molecule has 148 valence electrons. The van der Waals surface area contributed by atoms with Crippen LogP contribution in [-0.4, -0.2) is 41.2 Å². The number of carboxylic acid groups (broad SMARTS) is 1. The van der Waals surface area contributed by atoms with Crippen LogP contribution in [0.4, 0.5) is 5.95 Å². The highest BCUT2D eigenvalue weighted by Gasteiger charge is 2.20. The predicted molar refractivity (Wildman–Crippen MR) is 107 cm³/mol. The number of para-hydroxylation sites is 1. The minimum atomic E-state index is -3.97. The predicted octanol–water partition coefficient (Wildman–Crippen LogP) is 2.97. The number of carbonyl (C=O) groups is 1. The molecule has 0 bridgehead atoms. The number of sulfonamides is 1. The van der Waals surface area contributed by atoms with E-state index in [1.165, 1.54) is 40.1 Å². The van der Waals surface area contributed by atoms with Gasteiger partial charge in [-0.15, -0.1) is 16.4 Å². The van der Waals surface area contributed by atoms with Gasteiger partial charge in [-0.05, 0) is 36.4 Å². The van der Waals surface area contributed by atoms with Gasteiger partial charge in [-0.3, -0.25) is 0 Å². The van der Waals surface area contributed by atoms with E-state index in [4.69, 9.17) is 9.84 Å². The Morgan fingerprint density at radius 1 is 1.17 bits per heavy atom. The second kappa shape index (κ2) is 7.18. The molecule has 0 aliphatic carbocycles. The summed E-state index contributed by atoms with van der Waals surface area (Å²) in [5.74, 6) is -0.569. The molecule has 11 heteroatoms. The Morgan fingerprint density at radius 2 is 1.90 bits per heavy atom. The van der Waals surface area contributed by atoms with Crippen LogP contribution in [-0.2, 0) is 10.0 Å². The van der Waals surface area contributed by atoms with Crippen LogP contribution in [0.5, 0.6) is 5.75 Å². The van der Waals surface area contributed by atoms with E-state index in [-0.39, 0.29) is 16.4 Å². The van der Waals surface area contributed by atoms with Crippen LogP contribution in [0.2, 0.25) is 0 Å². The highest BCUT2D eigenvalue weighted by molar-refractivity contribution is 7.92. The highest BCUT2D eigenvalue weighted by Crippen LogP contribution is 2.32. The van der Waals surface area contributed by atoms with Crippen LogP contribution in [0.1, 0.15) is 10.4 Å². The molecule has 2 aromatic heterocycles. The van der Waals surface area contributed by atoms with E-state index in [9.17, 15) is 13.2 Å². The lowest BCUT2D eigenvalue weighted by Gasteiger charge is -2.06. The third kappa shape index (κ3) is 3.52. The number of anilines is 1. The standard InChI is InChI=1S/C18H14N4O5S2/c1-27-15-5-3-2-4-13(15)14-10-28-18-19-17(20-22(14)18)21-29(25,26)12-8-6-11(7-9-12)16(23)24/h2-10H,1H3,(H,20,21)(H,23,24). The Morgan fingerprint density at radius 3 is 2.59 bits per heavy atom. The van der Waals surface area contributed by atoms with E-state index in [1.54, 1.807) is 7.11 Å². The van der Waals surface area contributed by atoms with Gasteiger partial charge >= 0.3 is 5.97 Å². The molecule has 2 N–H and O–H groups in total. The monoisotopic (exact) mass is 430 g/mol. The van der Waals surface area contributed by atoms with Crippen LogP contribution in [0, 0.1) is 0 Å². The Bertz CT molecular complexity index is 1310. The van der Waals surface area contributed by atoms with Crippen LogP contribution in [0.15, 0.2) is 58.8 Å². The maximum Gasteiger partial charge on any atom is 0.335 e. The van der Waals surface area contributed by atoms with Gasteiger partial charge in [-0.1, -0.05) is 12.1 Å². The first kappa shape index (κ1) is 18.9. The second-order valence-corrected chi connectivity index (χ2v) is 8.40. The van der Waals surface area contributed by atoms with Gasteiger partial charge in [0.05, 0.1) is 23.3 Å². The molecule has 2 heterocycles. The maximum absolute atomic E-state index is 12.6. The first-order valence-corrected chi connectivity index (χ1v) is 10.6. The molecule has 4 aromatic rings. The molecular weight excluding hydrogens is 416 g/mol. The molecule has 0 fully saturated rings. The van der Waals surface area contributed by atoms with Crippen molar-refractivity contribution >= 4 is 38.2 Å². The number of fused-ring (bicyclic) bond motifs is 1. The zero-order chi connectivity index (χ0) is 20.6. The number of nitrogens with zero attached hydrogens (tertiary/aromatic N) is 3. The molecule has 0 amide bonds. The number of thiazole rings is 1. The number of aromatic nitrogens is 3. The molecule has 0 unspecified atom stereocenters. The van der Waals surface area contributed by atoms with Crippen LogP contribution < -0.4 is 9.46 Å². The van der Waals surface area contributed by atoms with E-state index in [0.29, 0.717) is 16.4 Å². The molecule has 0 atom stereocenters. The largest absolute Gasteiger partial charge is 0.496 e. The van der Waals surface area contributed by atoms with Gasteiger partial charge in [-0.2, -0.15) is 4.98 Å². The molecule has 0 aliphatic rings. The van der Waals surface area contributed by atoms with Crippen LogP contribution >= 0.6 is 11.3 Å². The van der Waals surface area contributed by atoms with Crippen LogP contribution in [0.3, 0.4) is 0 Å². The maximum atomic E-state index is 12.6. The van der Waals surface area contributed by atoms with Crippen molar-refractivity contribution in [2.75, 3.05) is 11.8 Å². The average Bonchev–Trinajstić information content (AvgIpc) is 3.27. The Kier molecular flexibility index (Phi) is 4.68. The Hall–Kier alpha value is -3.44. The summed E-state index contributed by atoms with van der Waals surface area (Å²) in [5.41, 5.74) is 1.50. The molecule has 0 aliphatic heterocycles. The van der Waals surface area contributed by atoms with E-state index in [2.05, 4.69) is 14.8 Å². The quantitative estimate of drug-likeness (QED) is 0.482. The lowest BCUT2D eigenvalue weighted by atomic mass is 10.1. The summed E-state index contributed by atoms with van der Waals surface area (Å²) in [4.78, 5) is 15.6. The fourth-order valence-electron chi connectivity index (χ4n) is 2.72. The number of carboxylic acids is 1. The molecule has 2 aromatic carbocycles. The number of aromatic carboxylic acids is 1. The molecule has 9 nitrogen and oxygen atoms in total. The minimum Gasteiger partial charge on any atom is -0.496 e. The Balaban J connectivity index is 1.67. The van der Waals surface area contributed by atoms with Crippen molar-refractivity contribution < 1.29 is 23.1 Å². The van der Waals surface area contributed by atoms with Gasteiger partial charge in [0.15, 0.2) is 0 Å². The first-order valence-electron chi connectivity index (χ1n) is 8.23. The first-order chi connectivity index (χ1) is 13.9. The third-order valence-corrected chi connectivity index (χ3v) is 6.26. The summed E-state index contributed by atoms with van der Waals surface area (Å²) < 4.78 is 34.4. The van der Waals surface area contributed by atoms with Gasteiger partial charge in [0.1, 0.15) is 5.75 Å². The van der Waals surface area contributed by atoms with Gasteiger partial charge in [0, 0.05) is 10.9 Å². The molecule has 4 rings (SSSR count). The van der Waals surface area contributed by atoms with Crippen molar-refractivity contribution in [3.05, 3.63) is 59.5 Å². The van der Waals surface area contributed by atoms with Crippen molar-refractivity contribution in [1.82, 2.24) is 14.6 Å². The zero-order valence-corrected chi connectivity index (χ0v) is 16.6. The molecule has 0 radical (unpaired) electrons. The van der Waals surface area contributed by atoms with Gasteiger partial charge in [0.25, 0.3) is 16.0 Å². The molecule has 0 saturated heterocycles. The smallest absolute Gasteiger partial charge is 0.335 e. The normalized spacial score (nSPS) is 11.5. The number of benzene rings is 2. The summed E-state index contributed by atoms with van der Waals surface area (Å²) in [5, 5.41) is 15.0. The summed E-state index contributed by atoms with van der Waals surface area (Å²) >= 11 is 1.31. The van der Waals surface area contributed by atoms with Gasteiger partial charge in [0.2, 0.25) is 4.96 Å². The molecular formula is C18H14N4O5S2. The average molecular weight is 430 g/mol. The van der Waals surface area contributed by atoms with Crippen molar-refractivity contribution in [1.29, 1.82) is 0 Å². The van der Waals surface area contributed by atoms with Crippen molar-refractivity contribution in [2.24, 2.45) is 0 Å². The van der Waals surface area contributed by atoms with Gasteiger partial charge in [-0.25, -0.2) is 22.4 Å². The fourth-order valence-corrected chi connectivity index (χ4v) is 4.48. The minimum absolute atomic E-state index is 0.00831. The number of ether oxygens (including phenoxy) is 1. The third-order valence-electron chi connectivity index (χ3n) is 4.10. The topological polar surface area (TPSA) is 123 Å². The van der Waals surface area contributed by atoms with E-state index < -0.39 is 16.0 Å². The second-order valence-electron chi connectivity index (χ2n) is 5.89. The number of hydrogen-bond acceptors (Lipinski definition) is 7. The van der Waals surface area contributed by atoms with E-state index >= 15 is 0 Å². The molecule has 0 spiro atoms. The SMILES string of the molecule is COc1ccccc1-c1csc2nc(NS(=O)(=O)c3ccc(C(=O)O)cc3)nn12. The number of rotatable bonds is 6. The Labute approximate surface area is 169 Å². The van der Waals surface area contributed by atoms with E-state index in [1.807, 2.05) is 29.6 Å². The number of hydrogen-bond donors (Lipinski definition) is 2. The summed E-state index contributed by atoms with van der Waals surface area (Å²) in [6.45, 7) is 0. The highest BCUT2D eigenvalue weighted by atomic mass is 32.2. The molecule has 0 saturated carbocycles. The fraction of sp³-hybridized carbons (Fsp3) is 0.0556. The number of nitrogens with one attached hydrogen (secondary N) is 1. The summed E-state index contributed by atoms with van der Waals surface area (Å²) in [6, 6.07) is 12.3. The lowest BCUT2D eigenvalue weighted by Crippen LogP contribution is -2.14. The van der Waals surface area contributed by atoms with E-state index in [0.717, 1.165) is 5.56 Å².